The Morgan fingerprint density at radius 2 is 2.30 bits per heavy atom. The van der Waals surface area contributed by atoms with Crippen LogP contribution in [0.15, 0.2) is 0 Å². The lowest BCUT2D eigenvalue weighted by Crippen LogP contribution is -2.52. The largest absolute Gasteiger partial charge is 0.374 e. The van der Waals surface area contributed by atoms with E-state index in [1.54, 1.807) is 0 Å². The molecule has 20 heavy (non-hydrogen) atoms. The molecule has 2 heterocycles. The Hall–Kier alpha value is -0.420. The molecule has 0 aromatic rings. The van der Waals surface area contributed by atoms with E-state index in [1.165, 1.54) is 18.6 Å². The van der Waals surface area contributed by atoms with Crippen LogP contribution in [0.3, 0.4) is 0 Å². The van der Waals surface area contributed by atoms with E-state index >= 15 is 0 Å². The first-order chi connectivity index (χ1) is 9.65. The van der Waals surface area contributed by atoms with Crippen LogP contribution in [-0.2, 0) is 4.74 Å². The molecule has 0 unspecified atom stereocenters. The van der Waals surface area contributed by atoms with Gasteiger partial charge in [0.05, 0.1) is 5.60 Å². The zero-order chi connectivity index (χ0) is 14.0. The number of hydrogen-bond donors (Lipinski definition) is 2. The summed E-state index contributed by atoms with van der Waals surface area (Å²) in [6, 6.07) is 0.569. The minimum absolute atomic E-state index is 0.00542. The van der Waals surface area contributed by atoms with Gasteiger partial charge in [0, 0.05) is 24.4 Å². The first-order valence-electron chi connectivity index (χ1n) is 7.94. The average molecular weight is 298 g/mol. The van der Waals surface area contributed by atoms with Crippen LogP contribution < -0.4 is 10.6 Å². The number of carbonyl (C=O) groups is 1. The van der Waals surface area contributed by atoms with Crippen LogP contribution in [0.2, 0.25) is 0 Å². The van der Waals surface area contributed by atoms with Crippen molar-refractivity contribution in [2.75, 3.05) is 18.1 Å². The van der Waals surface area contributed by atoms with Crippen molar-refractivity contribution in [3.8, 4) is 0 Å². The lowest BCUT2D eigenvalue weighted by atomic mass is 9.90. The molecule has 0 bridgehead atoms. The predicted molar refractivity (Wildman–Crippen MR) is 82.1 cm³/mol. The monoisotopic (exact) mass is 298 g/mol. The Kier molecular flexibility index (Phi) is 4.46. The maximum absolute atomic E-state index is 12.1. The summed E-state index contributed by atoms with van der Waals surface area (Å²) in [7, 11) is 0. The van der Waals surface area contributed by atoms with Crippen molar-refractivity contribution in [1.82, 2.24) is 10.6 Å². The highest BCUT2D eigenvalue weighted by atomic mass is 32.2. The van der Waals surface area contributed by atoms with Gasteiger partial charge in [-0.1, -0.05) is 12.8 Å². The lowest BCUT2D eigenvalue weighted by Gasteiger charge is -2.38. The van der Waals surface area contributed by atoms with Gasteiger partial charge >= 0.3 is 6.03 Å². The quantitative estimate of drug-likeness (QED) is 0.838. The van der Waals surface area contributed by atoms with Crippen LogP contribution in [-0.4, -0.2) is 41.8 Å². The predicted octanol–water partition coefficient (Wildman–Crippen LogP) is 2.53. The molecule has 1 spiro atoms. The number of rotatable bonds is 4. The first kappa shape index (κ1) is 14.5. The average Bonchev–Trinajstić information content (AvgIpc) is 3.09. The normalized spacial score (nSPS) is 35.0. The third-order valence-electron chi connectivity index (χ3n) is 4.66. The van der Waals surface area contributed by atoms with Gasteiger partial charge in [0.1, 0.15) is 0 Å². The summed E-state index contributed by atoms with van der Waals surface area (Å²) in [5.74, 6) is 3.13. The molecule has 3 atom stereocenters. The van der Waals surface area contributed by atoms with Crippen molar-refractivity contribution in [3.05, 3.63) is 0 Å². The fourth-order valence-electron chi connectivity index (χ4n) is 3.38. The van der Waals surface area contributed by atoms with Gasteiger partial charge in [-0.25, -0.2) is 4.79 Å². The van der Waals surface area contributed by atoms with Gasteiger partial charge in [0.2, 0.25) is 0 Å². The maximum Gasteiger partial charge on any atom is 0.315 e. The number of hydrogen-bond acceptors (Lipinski definition) is 3. The summed E-state index contributed by atoms with van der Waals surface area (Å²) in [5.41, 5.74) is 0.0422. The van der Waals surface area contributed by atoms with Crippen molar-refractivity contribution >= 4 is 17.8 Å². The SMILES string of the molecule is C[C@H](CC1CC1)NC(=O)N[C@@H]1CCO[C@@]2(CCSC2)C1. The van der Waals surface area contributed by atoms with E-state index in [0.717, 1.165) is 44.0 Å². The number of amides is 2. The van der Waals surface area contributed by atoms with Gasteiger partial charge in [-0.05, 0) is 44.3 Å². The zero-order valence-electron chi connectivity index (χ0n) is 12.3. The molecule has 2 amide bonds. The van der Waals surface area contributed by atoms with Crippen LogP contribution in [0.25, 0.3) is 0 Å². The van der Waals surface area contributed by atoms with Crippen molar-refractivity contribution < 1.29 is 9.53 Å². The van der Waals surface area contributed by atoms with E-state index in [2.05, 4.69) is 17.6 Å². The van der Waals surface area contributed by atoms with Crippen LogP contribution in [0, 0.1) is 5.92 Å². The molecule has 114 valence electrons. The Balaban J connectivity index is 1.43. The molecule has 4 nitrogen and oxygen atoms in total. The third kappa shape index (κ3) is 3.82. The van der Waals surface area contributed by atoms with E-state index in [0.29, 0.717) is 6.04 Å². The van der Waals surface area contributed by atoms with E-state index in [4.69, 9.17) is 4.74 Å². The van der Waals surface area contributed by atoms with Gasteiger partial charge in [-0.2, -0.15) is 11.8 Å². The molecule has 3 aliphatic rings. The highest BCUT2D eigenvalue weighted by Gasteiger charge is 2.40. The minimum atomic E-state index is 0.00542. The third-order valence-corrected chi connectivity index (χ3v) is 5.88. The van der Waals surface area contributed by atoms with E-state index in [1.807, 2.05) is 11.8 Å². The molecule has 3 fully saturated rings. The molecule has 0 aromatic heterocycles. The molecule has 2 N–H and O–H groups in total. The number of carbonyl (C=O) groups excluding carboxylic acids is 1. The van der Waals surface area contributed by atoms with Crippen molar-refractivity contribution in [2.24, 2.45) is 5.92 Å². The number of urea groups is 1. The van der Waals surface area contributed by atoms with E-state index in [-0.39, 0.29) is 17.7 Å². The molecule has 5 heteroatoms. The summed E-state index contributed by atoms with van der Waals surface area (Å²) < 4.78 is 5.99. The Morgan fingerprint density at radius 3 is 3.00 bits per heavy atom. The van der Waals surface area contributed by atoms with Crippen LogP contribution in [0.5, 0.6) is 0 Å². The van der Waals surface area contributed by atoms with Crippen LogP contribution in [0.1, 0.15) is 45.4 Å². The molecule has 3 rings (SSSR count). The molecular weight excluding hydrogens is 272 g/mol. The first-order valence-corrected chi connectivity index (χ1v) is 9.09. The highest BCUT2D eigenvalue weighted by Crippen LogP contribution is 2.38. The number of ether oxygens (including phenoxy) is 1. The molecule has 2 aliphatic heterocycles. The smallest absolute Gasteiger partial charge is 0.315 e. The molecule has 2 saturated heterocycles. The lowest BCUT2D eigenvalue weighted by molar-refractivity contribution is -0.0684. The molecular formula is C15H26N2O2S. The summed E-state index contributed by atoms with van der Waals surface area (Å²) in [6.07, 6.45) is 6.86. The Labute approximate surface area is 125 Å². The zero-order valence-corrected chi connectivity index (χ0v) is 13.1. The molecule has 0 radical (unpaired) electrons. The molecule has 0 aromatic carbocycles. The maximum atomic E-state index is 12.1. The summed E-state index contributed by atoms with van der Waals surface area (Å²) >= 11 is 1.97. The summed E-state index contributed by atoms with van der Waals surface area (Å²) in [5, 5.41) is 6.24. The van der Waals surface area contributed by atoms with Crippen LogP contribution >= 0.6 is 11.8 Å². The van der Waals surface area contributed by atoms with E-state index < -0.39 is 0 Å². The van der Waals surface area contributed by atoms with Crippen molar-refractivity contribution in [3.63, 3.8) is 0 Å². The topological polar surface area (TPSA) is 50.4 Å². The van der Waals surface area contributed by atoms with Crippen molar-refractivity contribution in [1.29, 1.82) is 0 Å². The van der Waals surface area contributed by atoms with Crippen LogP contribution in [0.4, 0.5) is 4.79 Å². The van der Waals surface area contributed by atoms with E-state index in [9.17, 15) is 4.79 Å². The van der Waals surface area contributed by atoms with Gasteiger partial charge in [-0.3, -0.25) is 0 Å². The molecule has 1 saturated carbocycles. The van der Waals surface area contributed by atoms with Gasteiger partial charge < -0.3 is 15.4 Å². The second-order valence-corrected chi connectivity index (χ2v) is 7.83. The Bertz CT molecular complexity index is 354. The second kappa shape index (κ2) is 6.14. The highest BCUT2D eigenvalue weighted by molar-refractivity contribution is 7.99. The standard InChI is InChI=1S/C15H26N2O2S/c1-11(8-12-2-3-12)16-14(18)17-13-4-6-19-15(9-13)5-7-20-10-15/h11-13H,2-10H2,1H3,(H2,16,17,18)/t11-,13-,15+/m1/s1. The minimum Gasteiger partial charge on any atom is -0.374 e. The van der Waals surface area contributed by atoms with Crippen molar-refractivity contribution in [2.45, 2.75) is 63.1 Å². The van der Waals surface area contributed by atoms with Gasteiger partial charge in [0.15, 0.2) is 0 Å². The second-order valence-electron chi connectivity index (χ2n) is 6.72. The fraction of sp³-hybridized carbons (Fsp3) is 0.933. The summed E-state index contributed by atoms with van der Waals surface area (Å²) in [4.78, 5) is 12.1. The molecule has 1 aliphatic carbocycles. The van der Waals surface area contributed by atoms with Gasteiger partial charge in [-0.15, -0.1) is 0 Å². The number of thioether (sulfide) groups is 1. The van der Waals surface area contributed by atoms with Gasteiger partial charge in [0.25, 0.3) is 0 Å². The summed E-state index contributed by atoms with van der Waals surface area (Å²) in [6.45, 7) is 2.89. The Morgan fingerprint density at radius 1 is 1.45 bits per heavy atom. The fourth-order valence-corrected chi connectivity index (χ4v) is 4.76. The number of nitrogens with one attached hydrogen (secondary N) is 2.